The van der Waals surface area contributed by atoms with Crippen LogP contribution in [-0.4, -0.2) is 69.8 Å². The quantitative estimate of drug-likeness (QED) is 0.326. The van der Waals surface area contributed by atoms with Crippen LogP contribution in [0.5, 0.6) is 5.75 Å². The molecule has 224 valence electrons. The maximum Gasteiger partial charge on any atom is 0.263 e. The zero-order valence-electron chi connectivity index (χ0n) is 24.0. The van der Waals surface area contributed by atoms with E-state index < -0.39 is 11.6 Å². The minimum absolute atomic E-state index is 0.0204. The third kappa shape index (κ3) is 4.62. The number of nitrogens with zero attached hydrogens (tertiary/aromatic N) is 5. The van der Waals surface area contributed by atoms with Gasteiger partial charge in [0, 0.05) is 48.9 Å². The zero-order chi connectivity index (χ0) is 29.9. The summed E-state index contributed by atoms with van der Waals surface area (Å²) in [7, 11) is 0. The van der Waals surface area contributed by atoms with Gasteiger partial charge in [0.05, 0.1) is 16.8 Å². The molecule has 2 atom stereocenters. The van der Waals surface area contributed by atoms with Crippen molar-refractivity contribution in [3.8, 4) is 5.75 Å². The first-order valence-corrected chi connectivity index (χ1v) is 15.2. The molecule has 2 aromatic heterocycles. The number of pyridine rings is 1. The van der Waals surface area contributed by atoms with Crippen molar-refractivity contribution < 1.29 is 18.7 Å². The summed E-state index contributed by atoms with van der Waals surface area (Å²) in [6.45, 7) is 3.57. The average Bonchev–Trinajstić information content (AvgIpc) is 3.78. The Balaban J connectivity index is 1.14. The first kappa shape index (κ1) is 26.9. The van der Waals surface area contributed by atoms with Crippen molar-refractivity contribution in [2.75, 3.05) is 43.0 Å². The van der Waals surface area contributed by atoms with E-state index in [1.165, 1.54) is 29.3 Å². The average molecular weight is 595 g/mol. The molecule has 1 aliphatic carbocycles. The smallest absolute Gasteiger partial charge is 0.263 e. The predicted molar refractivity (Wildman–Crippen MR) is 163 cm³/mol. The lowest BCUT2D eigenvalue weighted by atomic mass is 9.99. The molecular formula is C33H31FN6O4. The lowest BCUT2D eigenvalue weighted by Gasteiger charge is -2.39. The summed E-state index contributed by atoms with van der Waals surface area (Å²) in [6, 6.07) is 12.8. The van der Waals surface area contributed by atoms with E-state index in [2.05, 4.69) is 25.1 Å². The number of ether oxygens (including phenoxy) is 1. The van der Waals surface area contributed by atoms with Gasteiger partial charge >= 0.3 is 0 Å². The second-order valence-electron chi connectivity index (χ2n) is 12.1. The van der Waals surface area contributed by atoms with E-state index in [0.29, 0.717) is 34.1 Å². The largest absolute Gasteiger partial charge is 0.490 e. The Kier molecular flexibility index (Phi) is 6.44. The van der Waals surface area contributed by atoms with E-state index >= 15 is 4.39 Å². The number of benzene rings is 2. The van der Waals surface area contributed by atoms with Gasteiger partial charge in [-0.25, -0.2) is 9.37 Å². The highest BCUT2D eigenvalue weighted by Gasteiger charge is 2.37. The van der Waals surface area contributed by atoms with Gasteiger partial charge in [0.25, 0.3) is 5.56 Å². The Morgan fingerprint density at radius 2 is 1.89 bits per heavy atom. The van der Waals surface area contributed by atoms with E-state index in [-0.39, 0.29) is 47.1 Å². The van der Waals surface area contributed by atoms with Crippen LogP contribution < -0.4 is 20.5 Å². The van der Waals surface area contributed by atoms with Crippen molar-refractivity contribution in [1.82, 2.24) is 19.4 Å². The summed E-state index contributed by atoms with van der Waals surface area (Å²) in [6.07, 6.45) is 5.32. The minimum Gasteiger partial charge on any atom is -0.490 e. The number of carbonyl (C=O) groups is 2. The molecular weight excluding hydrogens is 563 g/mol. The van der Waals surface area contributed by atoms with Crippen LogP contribution in [0.2, 0.25) is 0 Å². The third-order valence-electron chi connectivity index (χ3n) is 9.28. The monoisotopic (exact) mass is 594 g/mol. The van der Waals surface area contributed by atoms with Crippen molar-refractivity contribution in [2.24, 2.45) is 5.92 Å². The van der Waals surface area contributed by atoms with Crippen molar-refractivity contribution >= 4 is 39.9 Å². The van der Waals surface area contributed by atoms with Crippen molar-refractivity contribution in [2.45, 2.75) is 37.8 Å². The fraction of sp³-hybridized carbons (Fsp3) is 0.364. The molecule has 5 heterocycles. The number of rotatable bonds is 6. The fourth-order valence-electron chi connectivity index (χ4n) is 6.80. The summed E-state index contributed by atoms with van der Waals surface area (Å²) in [4.78, 5) is 54.2. The Hall–Kier alpha value is -4.64. The van der Waals surface area contributed by atoms with Crippen LogP contribution in [-0.2, 0) is 0 Å². The molecule has 2 aromatic carbocycles. The first-order valence-electron chi connectivity index (χ1n) is 15.2. The molecule has 4 aliphatic rings. The number of carbonyl (C=O) groups excluding carboxylic acids is 2. The lowest BCUT2D eigenvalue weighted by Crippen LogP contribution is -2.50. The van der Waals surface area contributed by atoms with E-state index in [0.717, 1.165) is 45.4 Å². The topological polar surface area (TPSA) is 110 Å². The van der Waals surface area contributed by atoms with Gasteiger partial charge in [0.15, 0.2) is 11.6 Å². The summed E-state index contributed by atoms with van der Waals surface area (Å²) in [5, 5.41) is 3.50. The van der Waals surface area contributed by atoms with Crippen LogP contribution in [0, 0.1) is 11.7 Å². The molecule has 1 saturated carbocycles. The van der Waals surface area contributed by atoms with E-state index in [1.54, 1.807) is 36.4 Å². The van der Waals surface area contributed by atoms with Gasteiger partial charge in [0.2, 0.25) is 5.95 Å². The fourth-order valence-corrected chi connectivity index (χ4v) is 6.80. The summed E-state index contributed by atoms with van der Waals surface area (Å²) in [5.41, 5.74) is 1.00. The lowest BCUT2D eigenvalue weighted by molar-refractivity contribution is 0.0838. The second-order valence-corrected chi connectivity index (χ2v) is 12.1. The van der Waals surface area contributed by atoms with Crippen LogP contribution in [0.4, 0.5) is 21.7 Å². The van der Waals surface area contributed by atoms with Gasteiger partial charge < -0.3 is 15.0 Å². The zero-order valence-corrected chi connectivity index (χ0v) is 24.0. The summed E-state index contributed by atoms with van der Waals surface area (Å²) >= 11 is 0. The van der Waals surface area contributed by atoms with Crippen LogP contribution >= 0.6 is 0 Å². The number of anilines is 3. The normalized spacial score (nSPS) is 21.6. The Morgan fingerprint density at radius 3 is 2.73 bits per heavy atom. The highest BCUT2D eigenvalue weighted by molar-refractivity contribution is 6.04. The van der Waals surface area contributed by atoms with Gasteiger partial charge in [-0.05, 0) is 68.6 Å². The predicted octanol–water partition coefficient (Wildman–Crippen LogP) is 4.37. The van der Waals surface area contributed by atoms with Crippen LogP contribution in [0.3, 0.4) is 0 Å². The maximum atomic E-state index is 15.4. The molecule has 44 heavy (non-hydrogen) atoms. The highest BCUT2D eigenvalue weighted by atomic mass is 19.1. The number of nitrogens with one attached hydrogen (secondary N) is 1. The SMILES string of the molecule is O=C(c1cc2cnc(Nc3ccc(N4CCN5CCCC5C4)c(F)c3)nc2n(C2COc3ccccc3C2=O)c1=O)C1CC1. The Bertz CT molecular complexity index is 1890. The molecule has 0 radical (unpaired) electrons. The standard InChI is InChI=1S/C33H31FN6O4/c34-25-15-21(9-10-26(25)39-13-12-38-11-3-4-22(38)17-39)36-33-35-16-20-14-24(29(41)19-7-8-19)32(43)40(31(20)37-33)27-18-44-28-6-2-1-5-23(28)30(27)42/h1-2,5-6,9-10,14-16,19,22,27H,3-4,7-8,11-13,17-18H2,(H,35,36,37). The van der Waals surface area contributed by atoms with Gasteiger partial charge in [-0.3, -0.25) is 23.9 Å². The Morgan fingerprint density at radius 1 is 1.02 bits per heavy atom. The molecule has 0 spiro atoms. The van der Waals surface area contributed by atoms with E-state index in [1.807, 2.05) is 0 Å². The number of aromatic nitrogens is 3. The number of halogens is 1. The van der Waals surface area contributed by atoms with Gasteiger partial charge in [-0.15, -0.1) is 0 Å². The van der Waals surface area contributed by atoms with Crippen LogP contribution in [0.1, 0.15) is 52.4 Å². The number of para-hydroxylation sites is 1. The number of fused-ring (bicyclic) bond motifs is 3. The van der Waals surface area contributed by atoms with Crippen LogP contribution in [0.25, 0.3) is 11.0 Å². The minimum atomic E-state index is -1.02. The molecule has 3 fully saturated rings. The van der Waals surface area contributed by atoms with Crippen molar-refractivity contribution in [1.29, 1.82) is 0 Å². The third-order valence-corrected chi connectivity index (χ3v) is 9.28. The van der Waals surface area contributed by atoms with Gasteiger partial charge in [-0.2, -0.15) is 4.98 Å². The van der Waals surface area contributed by atoms with E-state index in [9.17, 15) is 14.4 Å². The number of Topliss-reactive ketones (excluding diaryl/α,β-unsaturated/α-hetero) is 2. The molecule has 2 unspecified atom stereocenters. The molecule has 10 nitrogen and oxygen atoms in total. The van der Waals surface area contributed by atoms with Crippen LogP contribution in [0.15, 0.2) is 59.5 Å². The van der Waals surface area contributed by atoms with Crippen molar-refractivity contribution in [3.63, 3.8) is 0 Å². The molecule has 8 rings (SSSR count). The first-order chi connectivity index (χ1) is 21.4. The molecule has 3 aliphatic heterocycles. The van der Waals surface area contributed by atoms with E-state index in [4.69, 9.17) is 4.74 Å². The molecule has 2 saturated heterocycles. The maximum absolute atomic E-state index is 15.4. The molecule has 1 N–H and O–H groups in total. The summed E-state index contributed by atoms with van der Waals surface area (Å²) < 4.78 is 22.5. The second kappa shape index (κ2) is 10.5. The van der Waals surface area contributed by atoms with Gasteiger partial charge in [0.1, 0.15) is 29.9 Å². The van der Waals surface area contributed by atoms with Crippen molar-refractivity contribution in [3.05, 3.63) is 82.0 Å². The number of piperazine rings is 1. The molecule has 11 heteroatoms. The number of hydrogen-bond acceptors (Lipinski definition) is 9. The summed E-state index contributed by atoms with van der Waals surface area (Å²) in [5.74, 6) is -0.481. The molecule has 0 amide bonds. The number of ketones is 2. The molecule has 0 bridgehead atoms. The van der Waals surface area contributed by atoms with Gasteiger partial charge in [-0.1, -0.05) is 12.1 Å². The highest BCUT2D eigenvalue weighted by Crippen LogP contribution is 2.34. The molecule has 4 aromatic rings. The number of hydrogen-bond donors (Lipinski definition) is 1. The Labute approximate surface area is 252 Å².